The lowest BCUT2D eigenvalue weighted by atomic mass is 10.1. The van der Waals surface area contributed by atoms with Crippen LogP contribution in [0.25, 0.3) is 0 Å². The Labute approximate surface area is 167 Å². The Balaban J connectivity index is 1.32. The molecule has 7 heteroatoms. The topological polar surface area (TPSA) is 72.5 Å². The van der Waals surface area contributed by atoms with E-state index < -0.39 is 0 Å². The van der Waals surface area contributed by atoms with E-state index in [9.17, 15) is 9.18 Å². The van der Waals surface area contributed by atoms with Crippen molar-refractivity contribution < 1.29 is 18.7 Å². The van der Waals surface area contributed by atoms with Crippen LogP contribution in [0.4, 0.5) is 15.9 Å². The van der Waals surface area contributed by atoms with Crippen LogP contribution >= 0.6 is 0 Å². The van der Waals surface area contributed by atoms with Gasteiger partial charge in [-0.15, -0.1) is 0 Å². The van der Waals surface area contributed by atoms with Gasteiger partial charge >= 0.3 is 0 Å². The maximum Gasteiger partial charge on any atom is 0.252 e. The predicted molar refractivity (Wildman–Crippen MR) is 107 cm³/mol. The van der Waals surface area contributed by atoms with Crippen LogP contribution in [0.1, 0.15) is 15.9 Å². The van der Waals surface area contributed by atoms with E-state index >= 15 is 0 Å². The molecule has 0 bridgehead atoms. The summed E-state index contributed by atoms with van der Waals surface area (Å²) in [6.07, 6.45) is 1.92. The summed E-state index contributed by atoms with van der Waals surface area (Å²) in [7, 11) is 0. The van der Waals surface area contributed by atoms with Crippen molar-refractivity contribution >= 4 is 17.4 Å². The van der Waals surface area contributed by atoms with Gasteiger partial charge in [0.25, 0.3) is 5.91 Å². The maximum atomic E-state index is 13.6. The lowest BCUT2D eigenvalue weighted by Gasteiger charge is -2.19. The minimum atomic E-state index is -0.266. The summed E-state index contributed by atoms with van der Waals surface area (Å²) >= 11 is 0. The van der Waals surface area contributed by atoms with Gasteiger partial charge in [0.05, 0.1) is 5.56 Å². The van der Waals surface area contributed by atoms with E-state index in [-0.39, 0.29) is 11.7 Å². The van der Waals surface area contributed by atoms with Crippen LogP contribution in [0.3, 0.4) is 0 Å². The van der Waals surface area contributed by atoms with E-state index in [0.717, 1.165) is 11.4 Å². The van der Waals surface area contributed by atoms with E-state index in [1.165, 1.54) is 12.3 Å². The Bertz CT molecular complexity index is 1010. The Hall–Kier alpha value is -3.61. The first-order valence-electron chi connectivity index (χ1n) is 9.33. The molecule has 3 aromatic rings. The summed E-state index contributed by atoms with van der Waals surface area (Å²) in [4.78, 5) is 16.5. The number of benzene rings is 2. The van der Waals surface area contributed by atoms with Gasteiger partial charge in [-0.3, -0.25) is 4.79 Å². The zero-order chi connectivity index (χ0) is 20.1. The number of hydrogen-bond acceptors (Lipinski definition) is 5. The maximum absolute atomic E-state index is 13.6. The third-order valence-electron chi connectivity index (χ3n) is 4.48. The fourth-order valence-corrected chi connectivity index (χ4v) is 2.99. The number of anilines is 2. The average molecular weight is 393 g/mol. The number of rotatable bonds is 6. The molecule has 0 saturated carbocycles. The van der Waals surface area contributed by atoms with Gasteiger partial charge in [-0.2, -0.15) is 0 Å². The van der Waals surface area contributed by atoms with E-state index in [2.05, 4.69) is 15.6 Å². The lowest BCUT2D eigenvalue weighted by Crippen LogP contribution is -2.26. The number of aromatic nitrogens is 1. The predicted octanol–water partition coefficient (Wildman–Crippen LogP) is 3.71. The van der Waals surface area contributed by atoms with Gasteiger partial charge in [-0.25, -0.2) is 9.37 Å². The molecule has 0 radical (unpaired) electrons. The molecular weight excluding hydrogens is 373 g/mol. The highest BCUT2D eigenvalue weighted by Crippen LogP contribution is 2.33. The van der Waals surface area contributed by atoms with Crippen molar-refractivity contribution in [3.05, 3.63) is 77.7 Å². The molecule has 0 saturated heterocycles. The highest BCUT2D eigenvalue weighted by atomic mass is 19.1. The summed E-state index contributed by atoms with van der Waals surface area (Å²) in [6.45, 7) is 1.41. The van der Waals surface area contributed by atoms with Crippen molar-refractivity contribution in [3.63, 3.8) is 0 Å². The van der Waals surface area contributed by atoms with E-state index in [1.54, 1.807) is 30.3 Å². The first-order valence-corrected chi connectivity index (χ1v) is 9.33. The molecule has 1 amide bonds. The molecule has 148 valence electrons. The van der Waals surface area contributed by atoms with E-state index in [4.69, 9.17) is 9.47 Å². The van der Waals surface area contributed by atoms with E-state index in [1.807, 2.05) is 18.2 Å². The average Bonchev–Trinajstić information content (AvgIpc) is 2.75. The summed E-state index contributed by atoms with van der Waals surface area (Å²) in [5.41, 5.74) is 1.82. The largest absolute Gasteiger partial charge is 0.486 e. The Morgan fingerprint density at radius 3 is 2.66 bits per heavy atom. The molecule has 6 nitrogen and oxygen atoms in total. The molecular formula is C22H20FN3O3. The Kier molecular flexibility index (Phi) is 5.56. The molecule has 0 unspecified atom stereocenters. The molecule has 0 fully saturated rings. The van der Waals surface area contributed by atoms with Crippen LogP contribution in [-0.2, 0) is 6.42 Å². The SMILES string of the molecule is O=C(NCCc1ccccc1F)c1ccc(Nc2ccc3c(c2)OCCO3)nc1. The molecule has 0 atom stereocenters. The molecule has 29 heavy (non-hydrogen) atoms. The summed E-state index contributed by atoms with van der Waals surface area (Å²) in [5.74, 6) is 1.49. The number of halogens is 1. The van der Waals surface area contributed by atoms with Crippen LogP contribution < -0.4 is 20.1 Å². The number of carbonyl (C=O) groups excluding carboxylic acids is 1. The van der Waals surface area contributed by atoms with Crippen molar-refractivity contribution in [2.75, 3.05) is 25.1 Å². The standard InChI is InChI=1S/C22H20FN3O3/c23-18-4-2-1-3-15(18)9-10-24-22(27)16-5-8-21(25-14-16)26-17-6-7-19-20(13-17)29-12-11-28-19/h1-8,13-14H,9-12H2,(H,24,27)(H,25,26). The molecule has 1 aromatic heterocycles. The minimum absolute atomic E-state index is 0.250. The molecule has 2 aromatic carbocycles. The summed E-state index contributed by atoms with van der Waals surface area (Å²) < 4.78 is 24.7. The lowest BCUT2D eigenvalue weighted by molar-refractivity contribution is 0.0953. The number of hydrogen-bond donors (Lipinski definition) is 2. The van der Waals surface area contributed by atoms with Gasteiger partial charge in [0, 0.05) is 24.5 Å². The van der Waals surface area contributed by atoms with Gasteiger partial charge in [-0.1, -0.05) is 18.2 Å². The Morgan fingerprint density at radius 1 is 1.03 bits per heavy atom. The van der Waals surface area contributed by atoms with Crippen LogP contribution in [0.5, 0.6) is 11.5 Å². The number of ether oxygens (including phenoxy) is 2. The first kappa shape index (κ1) is 18.7. The molecule has 0 aliphatic carbocycles. The van der Waals surface area contributed by atoms with Gasteiger partial charge in [-0.05, 0) is 42.3 Å². The quantitative estimate of drug-likeness (QED) is 0.668. The highest BCUT2D eigenvalue weighted by molar-refractivity contribution is 5.94. The summed E-state index contributed by atoms with van der Waals surface area (Å²) in [5, 5.41) is 5.95. The van der Waals surface area contributed by atoms with E-state index in [0.29, 0.717) is 48.9 Å². The molecule has 2 N–H and O–H groups in total. The smallest absolute Gasteiger partial charge is 0.252 e. The number of nitrogens with one attached hydrogen (secondary N) is 2. The van der Waals surface area contributed by atoms with Crippen molar-refractivity contribution in [1.29, 1.82) is 0 Å². The molecule has 2 heterocycles. The van der Waals surface area contributed by atoms with Crippen molar-refractivity contribution in [1.82, 2.24) is 10.3 Å². The monoisotopic (exact) mass is 393 g/mol. The zero-order valence-corrected chi connectivity index (χ0v) is 15.7. The third-order valence-corrected chi connectivity index (χ3v) is 4.48. The number of nitrogens with zero attached hydrogens (tertiary/aromatic N) is 1. The van der Waals surface area contributed by atoms with Crippen LogP contribution in [0, 0.1) is 5.82 Å². The second-order valence-corrected chi connectivity index (χ2v) is 6.51. The first-order chi connectivity index (χ1) is 14.2. The van der Waals surface area contributed by atoms with Crippen molar-refractivity contribution in [3.8, 4) is 11.5 Å². The number of carbonyl (C=O) groups is 1. The highest BCUT2D eigenvalue weighted by Gasteiger charge is 2.12. The van der Waals surface area contributed by atoms with Crippen LogP contribution in [-0.4, -0.2) is 30.6 Å². The van der Waals surface area contributed by atoms with Crippen LogP contribution in [0.2, 0.25) is 0 Å². The third kappa shape index (κ3) is 4.63. The second kappa shape index (κ2) is 8.60. The zero-order valence-electron chi connectivity index (χ0n) is 15.7. The normalized spacial score (nSPS) is 12.3. The Morgan fingerprint density at radius 2 is 1.86 bits per heavy atom. The van der Waals surface area contributed by atoms with Gasteiger partial charge in [0.2, 0.25) is 0 Å². The number of amides is 1. The molecule has 1 aliphatic heterocycles. The van der Waals surface area contributed by atoms with Crippen LogP contribution in [0.15, 0.2) is 60.8 Å². The fraction of sp³-hybridized carbons (Fsp3) is 0.182. The van der Waals surface area contributed by atoms with Gasteiger partial charge in [0.15, 0.2) is 11.5 Å². The van der Waals surface area contributed by atoms with Gasteiger partial charge in [0.1, 0.15) is 24.8 Å². The number of pyridine rings is 1. The molecule has 0 spiro atoms. The summed E-state index contributed by atoms with van der Waals surface area (Å²) in [6, 6.07) is 15.5. The molecule has 4 rings (SSSR count). The van der Waals surface area contributed by atoms with Crippen molar-refractivity contribution in [2.45, 2.75) is 6.42 Å². The number of fused-ring (bicyclic) bond motifs is 1. The minimum Gasteiger partial charge on any atom is -0.486 e. The molecule has 1 aliphatic rings. The second-order valence-electron chi connectivity index (χ2n) is 6.51. The van der Waals surface area contributed by atoms with Gasteiger partial charge < -0.3 is 20.1 Å². The van der Waals surface area contributed by atoms with Crippen molar-refractivity contribution in [2.24, 2.45) is 0 Å². The fourth-order valence-electron chi connectivity index (χ4n) is 2.99.